The molecule has 2 heteroatoms. The first-order chi connectivity index (χ1) is 9.90. The third kappa shape index (κ3) is 5.33. The molecule has 0 atom stereocenters. The van der Waals surface area contributed by atoms with E-state index in [2.05, 4.69) is 37.5 Å². The van der Waals surface area contributed by atoms with Crippen LogP contribution in [0.5, 0.6) is 0 Å². The smallest absolute Gasteiger partial charge is 0.123 e. The highest BCUT2D eigenvalue weighted by atomic mass is 17.1. The van der Waals surface area contributed by atoms with Crippen LogP contribution >= 0.6 is 0 Å². The molecule has 1 aromatic carbocycles. The fraction of sp³-hybridized carbons (Fsp3) is 0.368. The summed E-state index contributed by atoms with van der Waals surface area (Å²) in [5.41, 5.74) is 2.47. The largest absolute Gasteiger partial charge is 0.251 e. The van der Waals surface area contributed by atoms with Gasteiger partial charge in [0.1, 0.15) is 5.60 Å². The lowest BCUT2D eigenvalue weighted by Crippen LogP contribution is -2.19. The first-order valence-electron chi connectivity index (χ1n) is 7.33. The maximum Gasteiger partial charge on any atom is 0.123 e. The van der Waals surface area contributed by atoms with E-state index in [1.165, 1.54) is 0 Å². The third-order valence-electron chi connectivity index (χ3n) is 3.34. The van der Waals surface area contributed by atoms with Crippen LogP contribution in [0.4, 0.5) is 0 Å². The Morgan fingerprint density at radius 3 is 2.38 bits per heavy atom. The molecule has 1 N–H and O–H groups in total. The highest BCUT2D eigenvalue weighted by molar-refractivity contribution is 5.75. The van der Waals surface area contributed by atoms with Crippen molar-refractivity contribution in [3.63, 3.8) is 0 Å². The lowest BCUT2D eigenvalue weighted by Gasteiger charge is -2.21. The fourth-order valence-corrected chi connectivity index (χ4v) is 1.96. The summed E-state index contributed by atoms with van der Waals surface area (Å²) in [4.78, 5) is 4.52. The van der Waals surface area contributed by atoms with E-state index in [1.807, 2.05) is 44.2 Å². The Morgan fingerprint density at radius 2 is 1.90 bits per heavy atom. The van der Waals surface area contributed by atoms with E-state index in [4.69, 9.17) is 5.26 Å². The molecular weight excluding hydrogens is 260 g/mol. The molecule has 0 aromatic heterocycles. The Labute approximate surface area is 128 Å². The van der Waals surface area contributed by atoms with Crippen molar-refractivity contribution < 1.29 is 10.1 Å². The van der Waals surface area contributed by atoms with Gasteiger partial charge in [-0.3, -0.25) is 5.26 Å². The molecular formula is C19H26O2. The Bertz CT molecular complexity index is 505. The average molecular weight is 286 g/mol. The monoisotopic (exact) mass is 286 g/mol. The summed E-state index contributed by atoms with van der Waals surface area (Å²) < 4.78 is 0. The molecule has 2 nitrogen and oxygen atoms in total. The second kappa shape index (κ2) is 7.96. The first kappa shape index (κ1) is 17.4. The number of hydrogen-bond donors (Lipinski definition) is 1. The van der Waals surface area contributed by atoms with Crippen LogP contribution in [0.15, 0.2) is 55.1 Å². The molecule has 0 unspecified atom stereocenters. The van der Waals surface area contributed by atoms with Crippen LogP contribution in [0, 0.1) is 5.92 Å². The van der Waals surface area contributed by atoms with Gasteiger partial charge in [0.25, 0.3) is 0 Å². The third-order valence-corrected chi connectivity index (χ3v) is 3.34. The molecule has 114 valence electrons. The maximum absolute atomic E-state index is 8.94. The molecule has 0 aliphatic carbocycles. The lowest BCUT2D eigenvalue weighted by molar-refractivity contribution is -0.318. The molecule has 0 spiro atoms. The molecule has 0 saturated heterocycles. The molecule has 21 heavy (non-hydrogen) atoms. The van der Waals surface area contributed by atoms with Crippen molar-refractivity contribution in [2.24, 2.45) is 5.92 Å². The summed E-state index contributed by atoms with van der Waals surface area (Å²) in [5.74, 6) is 0.649. The molecule has 0 aliphatic heterocycles. The summed E-state index contributed by atoms with van der Waals surface area (Å²) in [6.45, 7) is 11.8. The molecule has 0 saturated carbocycles. The minimum Gasteiger partial charge on any atom is -0.251 e. The zero-order valence-corrected chi connectivity index (χ0v) is 13.5. The summed E-state index contributed by atoms with van der Waals surface area (Å²) >= 11 is 0. The van der Waals surface area contributed by atoms with Crippen LogP contribution in [0.2, 0.25) is 0 Å². The van der Waals surface area contributed by atoms with Crippen molar-refractivity contribution in [3.8, 4) is 0 Å². The SMILES string of the molecule is C=C/C=C(\C=C/CC(C)C)c1ccc(C(C)(C)OO)cc1. The van der Waals surface area contributed by atoms with E-state index in [0.717, 1.165) is 23.1 Å². The summed E-state index contributed by atoms with van der Waals surface area (Å²) in [5, 5.41) is 8.94. The van der Waals surface area contributed by atoms with Crippen molar-refractivity contribution in [2.45, 2.75) is 39.7 Å². The molecule has 0 fully saturated rings. The summed E-state index contributed by atoms with van der Waals surface area (Å²) in [6, 6.07) is 8.01. The number of rotatable bonds is 7. The van der Waals surface area contributed by atoms with E-state index in [9.17, 15) is 0 Å². The summed E-state index contributed by atoms with van der Waals surface area (Å²) in [6.07, 6.45) is 9.17. The highest BCUT2D eigenvalue weighted by Gasteiger charge is 2.21. The van der Waals surface area contributed by atoms with E-state index in [0.29, 0.717) is 5.92 Å². The Balaban J connectivity index is 2.98. The van der Waals surface area contributed by atoms with Crippen molar-refractivity contribution in [3.05, 3.63) is 66.3 Å². The topological polar surface area (TPSA) is 29.5 Å². The molecule has 0 radical (unpaired) electrons. The predicted octanol–water partition coefficient (Wildman–Crippen LogP) is 5.58. The minimum absolute atomic E-state index is 0.649. The van der Waals surface area contributed by atoms with Gasteiger partial charge < -0.3 is 0 Å². The van der Waals surface area contributed by atoms with Crippen molar-refractivity contribution in [1.82, 2.24) is 0 Å². The van der Waals surface area contributed by atoms with Gasteiger partial charge in [0.05, 0.1) is 0 Å². The second-order valence-corrected chi connectivity index (χ2v) is 6.07. The van der Waals surface area contributed by atoms with E-state index in [-0.39, 0.29) is 0 Å². The number of hydrogen-bond acceptors (Lipinski definition) is 2. The Kier molecular flexibility index (Phi) is 6.60. The zero-order valence-electron chi connectivity index (χ0n) is 13.5. The van der Waals surface area contributed by atoms with E-state index in [1.54, 1.807) is 6.08 Å². The van der Waals surface area contributed by atoms with Crippen molar-refractivity contribution in [1.29, 1.82) is 0 Å². The van der Waals surface area contributed by atoms with Crippen LogP contribution < -0.4 is 0 Å². The minimum atomic E-state index is -0.700. The van der Waals surface area contributed by atoms with Gasteiger partial charge in [-0.1, -0.05) is 69.0 Å². The van der Waals surface area contributed by atoms with Gasteiger partial charge in [0, 0.05) is 0 Å². The maximum atomic E-state index is 8.94. The standard InChI is InChI=1S/C19H26O2/c1-6-8-16(10-7-9-15(2)3)17-11-13-18(14-12-17)19(4,5)21-20/h6-8,10-15,20H,1,9H2,2-5H3/b10-7-,16-8+. The fourth-order valence-electron chi connectivity index (χ4n) is 1.96. The Hall–Kier alpha value is -1.64. The van der Waals surface area contributed by atoms with Gasteiger partial charge in [0.2, 0.25) is 0 Å². The second-order valence-electron chi connectivity index (χ2n) is 6.07. The molecule has 0 heterocycles. The number of benzene rings is 1. The van der Waals surface area contributed by atoms with Crippen molar-refractivity contribution in [2.75, 3.05) is 0 Å². The van der Waals surface area contributed by atoms with Gasteiger partial charge in [-0.15, -0.1) is 0 Å². The quantitative estimate of drug-likeness (QED) is 0.402. The first-order valence-corrected chi connectivity index (χ1v) is 7.33. The zero-order chi connectivity index (χ0) is 15.9. The number of allylic oxidation sites excluding steroid dienone is 5. The van der Waals surface area contributed by atoms with E-state index < -0.39 is 5.60 Å². The molecule has 0 aliphatic rings. The van der Waals surface area contributed by atoms with Gasteiger partial charge in [-0.25, -0.2) is 4.89 Å². The van der Waals surface area contributed by atoms with Crippen LogP contribution in [0.3, 0.4) is 0 Å². The van der Waals surface area contributed by atoms with Crippen LogP contribution in [0.25, 0.3) is 5.57 Å². The van der Waals surface area contributed by atoms with Gasteiger partial charge >= 0.3 is 0 Å². The summed E-state index contributed by atoms with van der Waals surface area (Å²) in [7, 11) is 0. The van der Waals surface area contributed by atoms with Gasteiger partial charge in [0.15, 0.2) is 0 Å². The van der Waals surface area contributed by atoms with Crippen LogP contribution in [-0.4, -0.2) is 5.26 Å². The molecule has 0 bridgehead atoms. The predicted molar refractivity (Wildman–Crippen MR) is 90.0 cm³/mol. The highest BCUT2D eigenvalue weighted by Crippen LogP contribution is 2.26. The normalized spacial score (nSPS) is 13.1. The molecule has 1 rings (SSSR count). The van der Waals surface area contributed by atoms with E-state index >= 15 is 0 Å². The lowest BCUT2D eigenvalue weighted by atomic mass is 9.95. The average Bonchev–Trinajstić information content (AvgIpc) is 2.46. The molecule has 0 amide bonds. The van der Waals surface area contributed by atoms with Crippen LogP contribution in [-0.2, 0) is 10.5 Å². The van der Waals surface area contributed by atoms with Gasteiger partial charge in [-0.2, -0.15) is 0 Å². The van der Waals surface area contributed by atoms with Crippen molar-refractivity contribution >= 4 is 5.57 Å². The van der Waals surface area contributed by atoms with Gasteiger partial charge in [-0.05, 0) is 42.9 Å². The van der Waals surface area contributed by atoms with Crippen LogP contribution in [0.1, 0.15) is 45.2 Å². The Morgan fingerprint density at radius 1 is 1.29 bits per heavy atom. The molecule has 1 aromatic rings.